The van der Waals surface area contributed by atoms with Gasteiger partial charge in [-0.05, 0) is 72.3 Å². The largest absolute Gasteiger partial charge is 0.356 e. The van der Waals surface area contributed by atoms with E-state index in [2.05, 4.69) is 74.3 Å². The number of nitrogens with zero attached hydrogens (tertiary/aromatic N) is 2. The van der Waals surface area contributed by atoms with E-state index in [-0.39, 0.29) is 10.8 Å². The van der Waals surface area contributed by atoms with Gasteiger partial charge in [-0.15, -0.1) is 0 Å². The van der Waals surface area contributed by atoms with Crippen molar-refractivity contribution in [2.45, 2.75) is 95.6 Å². The van der Waals surface area contributed by atoms with Gasteiger partial charge in [0.15, 0.2) is 0 Å². The lowest BCUT2D eigenvalue weighted by atomic mass is 9.63. The van der Waals surface area contributed by atoms with Gasteiger partial charge in [-0.3, -0.25) is 4.79 Å². The van der Waals surface area contributed by atoms with E-state index < -0.39 is 0 Å². The number of fused-ring (bicyclic) bond motifs is 1. The number of Topliss-reactive ketones (excluding diaryl/α,β-unsaturated/α-hetero) is 1. The van der Waals surface area contributed by atoms with Crippen LogP contribution >= 0.6 is 0 Å². The summed E-state index contributed by atoms with van der Waals surface area (Å²) >= 11 is 0. The molecule has 1 aliphatic heterocycles. The van der Waals surface area contributed by atoms with Crippen molar-refractivity contribution < 1.29 is 4.79 Å². The molecule has 1 unspecified atom stereocenters. The highest BCUT2D eigenvalue weighted by atomic mass is 16.1. The fourth-order valence-corrected chi connectivity index (χ4v) is 6.07. The molecule has 1 saturated carbocycles. The van der Waals surface area contributed by atoms with Crippen LogP contribution in [0.25, 0.3) is 11.3 Å². The zero-order chi connectivity index (χ0) is 23.2. The highest BCUT2D eigenvalue weighted by Crippen LogP contribution is 2.46. The maximum atomic E-state index is 11.6. The molecule has 0 radical (unpaired) electrons. The molecule has 4 nitrogen and oxygen atoms in total. The molecule has 2 aromatic rings. The minimum absolute atomic E-state index is 0.206. The summed E-state index contributed by atoms with van der Waals surface area (Å²) in [6.07, 6.45) is 7.17. The summed E-state index contributed by atoms with van der Waals surface area (Å²) in [5, 5.41) is 3.73. The second kappa shape index (κ2) is 8.54. The van der Waals surface area contributed by atoms with Crippen molar-refractivity contribution in [1.29, 1.82) is 0 Å². The average Bonchev–Trinajstić information content (AvgIpc) is 3.22. The number of ketones is 1. The summed E-state index contributed by atoms with van der Waals surface area (Å²) in [6.45, 7) is 11.6. The third-order valence-electron chi connectivity index (χ3n) is 8.42. The molecule has 33 heavy (non-hydrogen) atoms. The molecule has 1 saturated heterocycles. The molecule has 0 bridgehead atoms. The van der Waals surface area contributed by atoms with Crippen LogP contribution in [-0.2, 0) is 15.6 Å². The molecule has 2 fully saturated rings. The van der Waals surface area contributed by atoms with Gasteiger partial charge < -0.3 is 10.2 Å². The second-order valence-corrected chi connectivity index (χ2v) is 11.8. The summed E-state index contributed by atoms with van der Waals surface area (Å²) in [6, 6.07) is 14.4. The van der Waals surface area contributed by atoms with E-state index in [1.165, 1.54) is 29.5 Å². The van der Waals surface area contributed by atoms with Crippen LogP contribution in [0.5, 0.6) is 0 Å². The second-order valence-electron chi connectivity index (χ2n) is 11.8. The van der Waals surface area contributed by atoms with Crippen molar-refractivity contribution in [1.82, 2.24) is 10.3 Å². The number of nitrogens with one attached hydrogen (secondary N) is 1. The molecule has 1 aromatic heterocycles. The third-order valence-corrected chi connectivity index (χ3v) is 8.42. The lowest BCUT2D eigenvalue weighted by Gasteiger charge is -2.42. The summed E-state index contributed by atoms with van der Waals surface area (Å²) in [7, 11) is 0. The number of aromatic nitrogens is 1. The smallest absolute Gasteiger partial charge is 0.134 e. The minimum atomic E-state index is 0.206. The molecule has 2 aliphatic carbocycles. The topological polar surface area (TPSA) is 45.2 Å². The van der Waals surface area contributed by atoms with Gasteiger partial charge in [-0.2, -0.15) is 0 Å². The van der Waals surface area contributed by atoms with Crippen molar-refractivity contribution in [2.24, 2.45) is 0 Å². The first-order valence-corrected chi connectivity index (χ1v) is 12.9. The first-order chi connectivity index (χ1) is 15.7. The molecule has 0 spiro atoms. The van der Waals surface area contributed by atoms with Crippen LogP contribution in [0.1, 0.15) is 83.8 Å². The molecule has 1 atom stereocenters. The van der Waals surface area contributed by atoms with E-state index >= 15 is 0 Å². The Balaban J connectivity index is 1.31. The molecule has 2 heterocycles. The third kappa shape index (κ3) is 4.59. The molecular weight excluding hydrogens is 406 g/mol. The van der Waals surface area contributed by atoms with Crippen molar-refractivity contribution in [2.75, 3.05) is 18.0 Å². The number of hydrogen-bond donors (Lipinski definition) is 1. The van der Waals surface area contributed by atoms with Crippen LogP contribution in [-0.4, -0.2) is 35.9 Å². The van der Waals surface area contributed by atoms with Crippen LogP contribution in [0.4, 0.5) is 5.82 Å². The fraction of sp³-hybridized carbons (Fsp3) is 0.586. The standard InChI is InChI=1S/C29H39N3O/c1-28(2)14-15-29(3,4)25-18-20(8-11-24(25)28)26-6-5-7-27(31-26)32-16-12-21(13-17-32)30-22-9-10-23(33)19-22/h5-8,11,18,21-22,30H,9-10,12-17,19H2,1-4H3. The Labute approximate surface area is 199 Å². The van der Waals surface area contributed by atoms with Gasteiger partial charge >= 0.3 is 0 Å². The average molecular weight is 446 g/mol. The maximum Gasteiger partial charge on any atom is 0.134 e. The Bertz CT molecular complexity index is 1030. The molecule has 176 valence electrons. The predicted molar refractivity (Wildman–Crippen MR) is 136 cm³/mol. The number of anilines is 1. The van der Waals surface area contributed by atoms with E-state index in [1.54, 1.807) is 0 Å². The zero-order valence-electron chi connectivity index (χ0n) is 20.8. The highest BCUT2D eigenvalue weighted by molar-refractivity contribution is 5.81. The Morgan fingerprint density at radius 1 is 0.909 bits per heavy atom. The predicted octanol–water partition coefficient (Wildman–Crippen LogP) is 5.78. The molecular formula is C29H39N3O. The lowest BCUT2D eigenvalue weighted by Crippen LogP contribution is -2.45. The molecule has 5 rings (SSSR count). The first-order valence-electron chi connectivity index (χ1n) is 12.9. The molecule has 4 heteroatoms. The number of pyridine rings is 1. The molecule has 1 aromatic carbocycles. The molecule has 1 N–H and O–H groups in total. The first kappa shape index (κ1) is 22.6. The summed E-state index contributed by atoms with van der Waals surface area (Å²) in [5.74, 6) is 1.50. The lowest BCUT2D eigenvalue weighted by molar-refractivity contribution is -0.117. The number of carbonyl (C=O) groups is 1. The Morgan fingerprint density at radius 2 is 1.64 bits per heavy atom. The van der Waals surface area contributed by atoms with Crippen molar-refractivity contribution >= 4 is 11.6 Å². The summed E-state index contributed by atoms with van der Waals surface area (Å²) < 4.78 is 0. The summed E-state index contributed by atoms with van der Waals surface area (Å²) in [4.78, 5) is 19.1. The van der Waals surface area contributed by atoms with Crippen LogP contribution in [0, 0.1) is 0 Å². The van der Waals surface area contributed by atoms with Crippen LogP contribution in [0.3, 0.4) is 0 Å². The van der Waals surface area contributed by atoms with E-state index in [4.69, 9.17) is 4.98 Å². The van der Waals surface area contributed by atoms with Gasteiger partial charge in [-0.1, -0.05) is 45.9 Å². The Kier molecular flexibility index (Phi) is 5.84. The normalized spacial score (nSPS) is 24.7. The maximum absolute atomic E-state index is 11.6. The molecule has 0 amide bonds. The highest BCUT2D eigenvalue weighted by Gasteiger charge is 2.37. The Morgan fingerprint density at radius 3 is 2.33 bits per heavy atom. The SMILES string of the molecule is CC1(C)CCC(C)(C)c2cc(-c3cccc(N4CCC(NC5CCC(=O)C5)CC4)n3)ccc21. The van der Waals surface area contributed by atoms with E-state index in [9.17, 15) is 4.79 Å². The van der Waals surface area contributed by atoms with Gasteiger partial charge in [0, 0.05) is 43.6 Å². The van der Waals surface area contributed by atoms with E-state index in [0.29, 0.717) is 17.9 Å². The van der Waals surface area contributed by atoms with Gasteiger partial charge in [0.2, 0.25) is 0 Å². The number of benzene rings is 1. The monoisotopic (exact) mass is 445 g/mol. The van der Waals surface area contributed by atoms with Crippen molar-refractivity contribution in [3.63, 3.8) is 0 Å². The molecule has 3 aliphatic rings. The zero-order valence-corrected chi connectivity index (χ0v) is 20.8. The summed E-state index contributed by atoms with van der Waals surface area (Å²) in [5.41, 5.74) is 5.72. The minimum Gasteiger partial charge on any atom is -0.356 e. The fourth-order valence-electron chi connectivity index (χ4n) is 6.07. The number of rotatable bonds is 4. The van der Waals surface area contributed by atoms with Gasteiger partial charge in [0.05, 0.1) is 5.69 Å². The van der Waals surface area contributed by atoms with Gasteiger partial charge in [-0.25, -0.2) is 4.98 Å². The number of carbonyl (C=O) groups excluding carboxylic acids is 1. The van der Waals surface area contributed by atoms with Crippen LogP contribution in [0.15, 0.2) is 36.4 Å². The van der Waals surface area contributed by atoms with Gasteiger partial charge in [0.25, 0.3) is 0 Å². The van der Waals surface area contributed by atoms with Gasteiger partial charge in [0.1, 0.15) is 11.6 Å². The quantitative estimate of drug-likeness (QED) is 0.648. The van der Waals surface area contributed by atoms with E-state index in [0.717, 1.165) is 56.7 Å². The number of hydrogen-bond acceptors (Lipinski definition) is 4. The van der Waals surface area contributed by atoms with Crippen molar-refractivity contribution in [3.8, 4) is 11.3 Å². The Hall–Kier alpha value is -2.20. The van der Waals surface area contributed by atoms with E-state index in [1.807, 2.05) is 0 Å². The number of piperidine rings is 1. The van der Waals surface area contributed by atoms with Crippen LogP contribution < -0.4 is 10.2 Å². The van der Waals surface area contributed by atoms with Crippen LogP contribution in [0.2, 0.25) is 0 Å². The van der Waals surface area contributed by atoms with Crippen molar-refractivity contribution in [3.05, 3.63) is 47.5 Å².